The van der Waals surface area contributed by atoms with Crippen molar-refractivity contribution in [1.82, 2.24) is 4.98 Å². The van der Waals surface area contributed by atoms with Gasteiger partial charge < -0.3 is 15.8 Å². The topological polar surface area (TPSA) is 77.2 Å². The molecule has 2 aromatic rings. The molecule has 0 unspecified atom stereocenters. The van der Waals surface area contributed by atoms with Crippen LogP contribution in [0.3, 0.4) is 0 Å². The molecule has 86 valence electrons. The Morgan fingerprint density at radius 2 is 2.35 bits per heavy atom. The van der Waals surface area contributed by atoms with E-state index in [4.69, 9.17) is 10.5 Å². The summed E-state index contributed by atoms with van der Waals surface area (Å²) >= 11 is 1.39. The molecular formula is C11H9N3O2S. The van der Waals surface area contributed by atoms with Gasteiger partial charge in [-0.05, 0) is 18.2 Å². The van der Waals surface area contributed by atoms with E-state index in [0.29, 0.717) is 16.4 Å². The van der Waals surface area contributed by atoms with Crippen molar-refractivity contribution in [3.63, 3.8) is 0 Å². The maximum Gasteiger partial charge on any atom is 0.262 e. The quantitative estimate of drug-likeness (QED) is 0.804. The van der Waals surface area contributed by atoms with Crippen molar-refractivity contribution < 1.29 is 9.53 Å². The number of nitrogens with one attached hydrogen (secondary N) is 1. The summed E-state index contributed by atoms with van der Waals surface area (Å²) in [6.07, 6.45) is 0. The number of benzene rings is 1. The second-order valence-corrected chi connectivity index (χ2v) is 4.50. The molecule has 0 fully saturated rings. The summed E-state index contributed by atoms with van der Waals surface area (Å²) in [4.78, 5) is 15.4. The van der Waals surface area contributed by atoms with Crippen molar-refractivity contribution in [3.8, 4) is 17.0 Å². The number of ether oxygens (including phenoxy) is 1. The molecule has 1 amide bonds. The van der Waals surface area contributed by atoms with Gasteiger partial charge in [0.25, 0.3) is 5.91 Å². The molecule has 0 atom stereocenters. The summed E-state index contributed by atoms with van der Waals surface area (Å²) in [5.74, 6) is 0.517. The Morgan fingerprint density at radius 1 is 1.47 bits per heavy atom. The van der Waals surface area contributed by atoms with Gasteiger partial charge in [-0.3, -0.25) is 4.79 Å². The summed E-state index contributed by atoms with van der Waals surface area (Å²) in [6, 6.07) is 5.50. The van der Waals surface area contributed by atoms with Crippen LogP contribution in [0.2, 0.25) is 0 Å². The first-order valence-corrected chi connectivity index (χ1v) is 5.88. The van der Waals surface area contributed by atoms with E-state index in [9.17, 15) is 4.79 Å². The Labute approximate surface area is 101 Å². The minimum Gasteiger partial charge on any atom is -0.482 e. The SMILES string of the molecule is Nc1scnc1-c1ccc2c(c1)NC(=O)CO2. The Hall–Kier alpha value is -2.08. The minimum absolute atomic E-state index is 0.0607. The van der Waals surface area contributed by atoms with Gasteiger partial charge >= 0.3 is 0 Å². The number of carbonyl (C=O) groups excluding carboxylic acids is 1. The minimum atomic E-state index is -0.152. The molecule has 0 saturated heterocycles. The Balaban J connectivity index is 2.06. The fourth-order valence-electron chi connectivity index (χ4n) is 1.70. The maximum atomic E-state index is 11.2. The zero-order valence-corrected chi connectivity index (χ0v) is 9.58. The van der Waals surface area contributed by atoms with E-state index in [1.807, 2.05) is 18.2 Å². The smallest absolute Gasteiger partial charge is 0.262 e. The average molecular weight is 247 g/mol. The highest BCUT2D eigenvalue weighted by Crippen LogP contribution is 2.34. The molecule has 1 aromatic carbocycles. The van der Waals surface area contributed by atoms with Gasteiger partial charge in [-0.15, -0.1) is 11.3 Å². The number of fused-ring (bicyclic) bond motifs is 1. The molecule has 0 radical (unpaired) electrons. The van der Waals surface area contributed by atoms with E-state index >= 15 is 0 Å². The van der Waals surface area contributed by atoms with Crippen LogP contribution in [0.25, 0.3) is 11.3 Å². The highest BCUT2D eigenvalue weighted by Gasteiger charge is 2.17. The lowest BCUT2D eigenvalue weighted by Gasteiger charge is -2.18. The van der Waals surface area contributed by atoms with E-state index in [-0.39, 0.29) is 12.5 Å². The van der Waals surface area contributed by atoms with Gasteiger partial charge in [0.1, 0.15) is 16.4 Å². The number of nitrogen functional groups attached to an aromatic ring is 1. The maximum absolute atomic E-state index is 11.2. The third-order valence-corrected chi connectivity index (χ3v) is 3.14. The average Bonchev–Trinajstić information content (AvgIpc) is 2.74. The monoisotopic (exact) mass is 247 g/mol. The van der Waals surface area contributed by atoms with E-state index in [0.717, 1.165) is 11.3 Å². The molecule has 3 rings (SSSR count). The highest BCUT2D eigenvalue weighted by molar-refractivity contribution is 7.14. The van der Waals surface area contributed by atoms with E-state index in [2.05, 4.69) is 10.3 Å². The fourth-order valence-corrected chi connectivity index (χ4v) is 2.26. The number of carbonyl (C=O) groups is 1. The number of hydrogen-bond donors (Lipinski definition) is 2. The van der Waals surface area contributed by atoms with Crippen molar-refractivity contribution in [2.45, 2.75) is 0 Å². The first-order chi connectivity index (χ1) is 8.24. The normalized spacial score (nSPS) is 13.8. The van der Waals surface area contributed by atoms with Gasteiger partial charge in [0, 0.05) is 5.56 Å². The summed E-state index contributed by atoms with van der Waals surface area (Å²) in [5.41, 5.74) is 9.77. The van der Waals surface area contributed by atoms with E-state index in [1.54, 1.807) is 5.51 Å². The van der Waals surface area contributed by atoms with E-state index in [1.165, 1.54) is 11.3 Å². The molecule has 17 heavy (non-hydrogen) atoms. The summed E-state index contributed by atoms with van der Waals surface area (Å²) in [6.45, 7) is 0.0607. The van der Waals surface area contributed by atoms with Crippen LogP contribution >= 0.6 is 11.3 Å². The molecule has 5 nitrogen and oxygen atoms in total. The van der Waals surface area contributed by atoms with Gasteiger partial charge in [-0.2, -0.15) is 0 Å². The molecule has 6 heteroatoms. The third kappa shape index (κ3) is 1.72. The van der Waals surface area contributed by atoms with Gasteiger partial charge in [0.05, 0.1) is 11.2 Å². The number of thiazole rings is 1. The van der Waals surface area contributed by atoms with Crippen LogP contribution in [-0.4, -0.2) is 17.5 Å². The fraction of sp³-hybridized carbons (Fsp3) is 0.0909. The number of nitrogens with zero attached hydrogens (tertiary/aromatic N) is 1. The van der Waals surface area contributed by atoms with Crippen LogP contribution in [0.1, 0.15) is 0 Å². The Kier molecular flexibility index (Phi) is 2.22. The molecule has 1 aliphatic heterocycles. The van der Waals surface area contributed by atoms with Crippen LogP contribution in [0, 0.1) is 0 Å². The van der Waals surface area contributed by atoms with Crippen molar-refractivity contribution in [2.75, 3.05) is 17.7 Å². The molecule has 0 aliphatic carbocycles. The first kappa shape index (κ1) is 10.1. The molecule has 3 N–H and O–H groups in total. The van der Waals surface area contributed by atoms with Crippen molar-refractivity contribution >= 4 is 27.9 Å². The van der Waals surface area contributed by atoms with Gasteiger partial charge in [-0.25, -0.2) is 4.98 Å². The molecule has 0 bridgehead atoms. The Morgan fingerprint density at radius 3 is 3.12 bits per heavy atom. The lowest BCUT2D eigenvalue weighted by Crippen LogP contribution is -2.25. The number of rotatable bonds is 1. The number of aromatic nitrogens is 1. The van der Waals surface area contributed by atoms with Gasteiger partial charge in [0.2, 0.25) is 0 Å². The Bertz CT molecular complexity index is 594. The number of hydrogen-bond acceptors (Lipinski definition) is 5. The molecule has 0 spiro atoms. The second-order valence-electron chi connectivity index (χ2n) is 3.61. The summed E-state index contributed by atoms with van der Waals surface area (Å²) in [7, 11) is 0. The highest BCUT2D eigenvalue weighted by atomic mass is 32.1. The number of anilines is 2. The zero-order valence-electron chi connectivity index (χ0n) is 8.77. The molecule has 0 saturated carbocycles. The standard InChI is InChI=1S/C11H9N3O2S/c12-11-10(13-5-17-11)6-1-2-8-7(3-6)14-9(15)4-16-8/h1-3,5H,4,12H2,(H,14,15). The predicted molar refractivity (Wildman–Crippen MR) is 66.1 cm³/mol. The van der Waals surface area contributed by atoms with Crippen LogP contribution < -0.4 is 15.8 Å². The largest absolute Gasteiger partial charge is 0.482 e. The molecule has 1 aliphatic rings. The second kappa shape index (κ2) is 3.74. The van der Waals surface area contributed by atoms with E-state index < -0.39 is 0 Å². The zero-order chi connectivity index (χ0) is 11.8. The molecule has 1 aromatic heterocycles. The number of amides is 1. The van der Waals surface area contributed by atoms with Crippen molar-refractivity contribution in [2.24, 2.45) is 0 Å². The lowest BCUT2D eigenvalue weighted by molar-refractivity contribution is -0.118. The first-order valence-electron chi connectivity index (χ1n) is 5.00. The number of nitrogens with two attached hydrogens (primary N) is 1. The van der Waals surface area contributed by atoms with Crippen LogP contribution in [-0.2, 0) is 4.79 Å². The summed E-state index contributed by atoms with van der Waals surface area (Å²) in [5, 5.41) is 3.41. The predicted octanol–water partition coefficient (Wildman–Crippen LogP) is 1.72. The van der Waals surface area contributed by atoms with Crippen LogP contribution in [0.4, 0.5) is 10.7 Å². The molecule has 2 heterocycles. The summed E-state index contributed by atoms with van der Waals surface area (Å²) < 4.78 is 5.28. The lowest BCUT2D eigenvalue weighted by atomic mass is 10.1. The third-order valence-electron chi connectivity index (χ3n) is 2.48. The van der Waals surface area contributed by atoms with Crippen LogP contribution in [0.15, 0.2) is 23.7 Å². The van der Waals surface area contributed by atoms with Crippen molar-refractivity contribution in [3.05, 3.63) is 23.7 Å². The van der Waals surface area contributed by atoms with Gasteiger partial charge in [-0.1, -0.05) is 0 Å². The molecular weight excluding hydrogens is 238 g/mol. The van der Waals surface area contributed by atoms with Gasteiger partial charge in [0.15, 0.2) is 6.61 Å². The van der Waals surface area contributed by atoms with Crippen molar-refractivity contribution in [1.29, 1.82) is 0 Å². The van der Waals surface area contributed by atoms with Crippen LogP contribution in [0.5, 0.6) is 5.75 Å².